The second kappa shape index (κ2) is 7.43. The second-order valence-corrected chi connectivity index (χ2v) is 8.61. The van der Waals surface area contributed by atoms with Gasteiger partial charge in [0.25, 0.3) is 0 Å². The van der Waals surface area contributed by atoms with Crippen LogP contribution < -0.4 is 9.64 Å². The van der Waals surface area contributed by atoms with Crippen LogP contribution in [0.3, 0.4) is 0 Å². The number of carbonyl (C=O) groups is 1. The van der Waals surface area contributed by atoms with E-state index in [1.807, 2.05) is 18.2 Å². The fourth-order valence-electron chi connectivity index (χ4n) is 3.96. The fraction of sp³-hybridized carbons (Fsp3) is 0.600. The molecule has 2 aliphatic rings. The highest BCUT2D eigenvalue weighted by molar-refractivity contribution is 7.22. The van der Waals surface area contributed by atoms with Crippen molar-refractivity contribution in [2.24, 2.45) is 11.8 Å². The Balaban J connectivity index is 1.38. The molecule has 2 aromatic rings. The highest BCUT2D eigenvalue weighted by Crippen LogP contribution is 2.34. The van der Waals surface area contributed by atoms with Crippen LogP contribution in [-0.4, -0.2) is 49.1 Å². The summed E-state index contributed by atoms with van der Waals surface area (Å²) < 4.78 is 6.46. The minimum atomic E-state index is 0.189. The molecule has 0 bridgehead atoms. The lowest BCUT2D eigenvalue weighted by Gasteiger charge is -2.36. The highest BCUT2D eigenvalue weighted by Gasteiger charge is 2.31. The molecule has 0 unspecified atom stereocenters. The summed E-state index contributed by atoms with van der Waals surface area (Å²) in [5.74, 6) is 2.20. The number of hydrogen-bond acceptors (Lipinski definition) is 5. The molecule has 3 heterocycles. The number of rotatable bonds is 3. The Hall–Kier alpha value is -1.82. The fourth-order valence-corrected chi connectivity index (χ4v) is 5.01. The van der Waals surface area contributed by atoms with Crippen molar-refractivity contribution in [3.8, 4) is 5.75 Å². The van der Waals surface area contributed by atoms with Crippen molar-refractivity contribution < 1.29 is 9.53 Å². The Kier molecular flexibility index (Phi) is 5.02. The van der Waals surface area contributed by atoms with E-state index in [0.717, 1.165) is 78.9 Å². The molecule has 0 saturated carbocycles. The molecule has 140 valence electrons. The van der Waals surface area contributed by atoms with Crippen LogP contribution in [0.1, 0.15) is 32.6 Å². The first-order chi connectivity index (χ1) is 12.6. The zero-order valence-corrected chi connectivity index (χ0v) is 16.4. The van der Waals surface area contributed by atoms with Crippen LogP contribution in [0.5, 0.6) is 5.75 Å². The molecule has 0 N–H and O–H groups in total. The lowest BCUT2D eigenvalue weighted by Crippen LogP contribution is -2.45. The molecule has 4 rings (SSSR count). The SMILES string of the molecule is COc1ccc2nc(N3CCC(C(=O)N4CCC(C)CC4)CC3)sc2c1. The van der Waals surface area contributed by atoms with Crippen molar-refractivity contribution in [1.82, 2.24) is 9.88 Å². The summed E-state index contributed by atoms with van der Waals surface area (Å²) in [7, 11) is 1.69. The average molecular weight is 374 g/mol. The number of amides is 1. The number of methoxy groups -OCH3 is 1. The molecule has 0 radical (unpaired) electrons. The number of anilines is 1. The largest absolute Gasteiger partial charge is 0.497 e. The van der Waals surface area contributed by atoms with Crippen molar-refractivity contribution in [2.75, 3.05) is 38.2 Å². The lowest BCUT2D eigenvalue weighted by molar-refractivity contribution is -0.137. The van der Waals surface area contributed by atoms with Gasteiger partial charge in [-0.25, -0.2) is 4.98 Å². The Bertz CT molecular complexity index is 774. The molecule has 0 aliphatic carbocycles. The smallest absolute Gasteiger partial charge is 0.225 e. The van der Waals surface area contributed by atoms with Crippen LogP contribution in [0.25, 0.3) is 10.2 Å². The molecule has 5 nitrogen and oxygen atoms in total. The molecule has 6 heteroatoms. The normalized spacial score (nSPS) is 19.9. The third-order valence-corrected chi connectivity index (χ3v) is 6.87. The van der Waals surface area contributed by atoms with Gasteiger partial charge in [-0.2, -0.15) is 0 Å². The predicted octanol–water partition coefficient (Wildman–Crippen LogP) is 3.78. The third kappa shape index (κ3) is 3.52. The number of fused-ring (bicyclic) bond motifs is 1. The Morgan fingerprint density at radius 2 is 1.88 bits per heavy atom. The van der Waals surface area contributed by atoms with E-state index in [2.05, 4.69) is 16.7 Å². The first-order valence-corrected chi connectivity index (χ1v) is 10.4. The number of carbonyl (C=O) groups excluding carboxylic acids is 1. The Morgan fingerprint density at radius 1 is 1.15 bits per heavy atom. The van der Waals surface area contributed by atoms with Crippen LogP contribution in [0.2, 0.25) is 0 Å². The van der Waals surface area contributed by atoms with Gasteiger partial charge in [0.05, 0.1) is 17.3 Å². The van der Waals surface area contributed by atoms with Crippen molar-refractivity contribution in [3.63, 3.8) is 0 Å². The maximum Gasteiger partial charge on any atom is 0.225 e. The van der Waals surface area contributed by atoms with E-state index in [1.165, 1.54) is 0 Å². The van der Waals surface area contributed by atoms with E-state index in [-0.39, 0.29) is 5.92 Å². The number of piperidine rings is 2. The number of benzene rings is 1. The van der Waals surface area contributed by atoms with Crippen LogP contribution in [0, 0.1) is 11.8 Å². The summed E-state index contributed by atoms with van der Waals surface area (Å²) in [5.41, 5.74) is 1.02. The number of nitrogens with zero attached hydrogens (tertiary/aromatic N) is 3. The Labute approximate surface area is 159 Å². The van der Waals surface area contributed by atoms with E-state index in [0.29, 0.717) is 5.91 Å². The van der Waals surface area contributed by atoms with Gasteiger partial charge < -0.3 is 14.5 Å². The van der Waals surface area contributed by atoms with Crippen molar-refractivity contribution >= 4 is 32.6 Å². The van der Waals surface area contributed by atoms with E-state index >= 15 is 0 Å². The predicted molar refractivity (Wildman–Crippen MR) is 106 cm³/mol. The topological polar surface area (TPSA) is 45.7 Å². The van der Waals surface area contributed by atoms with Gasteiger partial charge in [0.15, 0.2) is 5.13 Å². The van der Waals surface area contributed by atoms with Crippen LogP contribution >= 0.6 is 11.3 Å². The van der Waals surface area contributed by atoms with E-state index < -0.39 is 0 Å². The van der Waals surface area contributed by atoms with Crippen LogP contribution in [0.15, 0.2) is 18.2 Å². The molecular formula is C20H27N3O2S. The van der Waals surface area contributed by atoms with Gasteiger partial charge in [-0.15, -0.1) is 0 Å². The van der Waals surface area contributed by atoms with Gasteiger partial charge in [-0.05, 0) is 49.8 Å². The first-order valence-electron chi connectivity index (χ1n) is 9.62. The van der Waals surface area contributed by atoms with Crippen LogP contribution in [0.4, 0.5) is 5.13 Å². The van der Waals surface area contributed by atoms with Crippen molar-refractivity contribution in [2.45, 2.75) is 32.6 Å². The molecule has 0 atom stereocenters. The van der Waals surface area contributed by atoms with Gasteiger partial charge in [0.1, 0.15) is 5.75 Å². The summed E-state index contributed by atoms with van der Waals surface area (Å²) in [5, 5.41) is 1.06. The molecule has 1 aromatic heterocycles. The number of thiazole rings is 1. The average Bonchev–Trinajstić information content (AvgIpc) is 3.11. The summed E-state index contributed by atoms with van der Waals surface area (Å²) >= 11 is 1.71. The molecule has 26 heavy (non-hydrogen) atoms. The van der Waals surface area contributed by atoms with E-state index in [4.69, 9.17) is 9.72 Å². The first kappa shape index (κ1) is 17.6. The molecule has 1 aromatic carbocycles. The number of aromatic nitrogens is 1. The van der Waals surface area contributed by atoms with Crippen LogP contribution in [-0.2, 0) is 4.79 Å². The van der Waals surface area contributed by atoms with Gasteiger partial charge in [0, 0.05) is 32.1 Å². The lowest BCUT2D eigenvalue weighted by atomic mass is 9.93. The Morgan fingerprint density at radius 3 is 2.58 bits per heavy atom. The minimum absolute atomic E-state index is 0.189. The van der Waals surface area contributed by atoms with Crippen molar-refractivity contribution in [3.05, 3.63) is 18.2 Å². The van der Waals surface area contributed by atoms with Crippen molar-refractivity contribution in [1.29, 1.82) is 0 Å². The number of ether oxygens (including phenoxy) is 1. The molecule has 1 amide bonds. The van der Waals surface area contributed by atoms with E-state index in [1.54, 1.807) is 18.4 Å². The second-order valence-electron chi connectivity index (χ2n) is 7.60. The maximum absolute atomic E-state index is 12.8. The zero-order valence-electron chi connectivity index (χ0n) is 15.6. The minimum Gasteiger partial charge on any atom is -0.497 e. The monoisotopic (exact) mass is 373 g/mol. The van der Waals surface area contributed by atoms with Gasteiger partial charge in [0.2, 0.25) is 5.91 Å². The maximum atomic E-state index is 12.8. The quantitative estimate of drug-likeness (QED) is 0.821. The summed E-state index contributed by atoms with van der Waals surface area (Å²) in [6.45, 7) is 6.00. The van der Waals surface area contributed by atoms with E-state index in [9.17, 15) is 4.79 Å². The molecular weight excluding hydrogens is 346 g/mol. The van der Waals surface area contributed by atoms with Gasteiger partial charge in [-0.1, -0.05) is 18.3 Å². The highest BCUT2D eigenvalue weighted by atomic mass is 32.1. The standard InChI is InChI=1S/C20H27N3O2S/c1-14-5-9-22(10-6-14)19(24)15-7-11-23(12-8-15)20-21-17-4-3-16(25-2)13-18(17)26-20/h3-4,13-15H,5-12H2,1-2H3. The summed E-state index contributed by atoms with van der Waals surface area (Å²) in [4.78, 5) is 22.0. The number of hydrogen-bond donors (Lipinski definition) is 0. The molecule has 2 aliphatic heterocycles. The third-order valence-electron chi connectivity index (χ3n) is 5.79. The summed E-state index contributed by atoms with van der Waals surface area (Å²) in [6.07, 6.45) is 4.17. The zero-order chi connectivity index (χ0) is 18.1. The molecule has 0 spiro atoms. The number of likely N-dealkylation sites (tertiary alicyclic amines) is 1. The van der Waals surface area contributed by atoms with Gasteiger partial charge in [-0.3, -0.25) is 4.79 Å². The summed E-state index contributed by atoms with van der Waals surface area (Å²) in [6, 6.07) is 6.02. The molecule has 2 saturated heterocycles. The van der Waals surface area contributed by atoms with Gasteiger partial charge >= 0.3 is 0 Å². The molecule has 2 fully saturated rings.